The largest absolute Gasteiger partial charge is 0.369 e. The molecule has 0 spiro atoms. The molecule has 6 heteroatoms. The monoisotopic (exact) mass is 531 g/mol. The summed E-state index contributed by atoms with van der Waals surface area (Å²) in [6.45, 7) is 11.0. The topological polar surface area (TPSA) is 72.7 Å². The van der Waals surface area contributed by atoms with Crippen molar-refractivity contribution >= 4 is 11.6 Å². The van der Waals surface area contributed by atoms with Crippen LogP contribution in [0.5, 0.6) is 0 Å². The van der Waals surface area contributed by atoms with Crippen molar-refractivity contribution in [1.29, 1.82) is 0 Å². The number of carbonyl (C=O) groups excluding carboxylic acids is 1. The summed E-state index contributed by atoms with van der Waals surface area (Å²) in [5.74, 6) is 1.04. The number of nitrogens with one attached hydrogen (secondary N) is 1. The number of aryl methyl sites for hydroxylation is 1. The lowest BCUT2D eigenvalue weighted by Crippen LogP contribution is -2.29. The Morgan fingerprint density at radius 3 is 1.90 bits per heavy atom. The van der Waals surface area contributed by atoms with Crippen LogP contribution in [0.1, 0.15) is 144 Å². The molecule has 39 heavy (non-hydrogen) atoms. The van der Waals surface area contributed by atoms with Gasteiger partial charge in [0.15, 0.2) is 5.82 Å². The fourth-order valence-electron chi connectivity index (χ4n) is 5.12. The smallest absolute Gasteiger partial charge is 0.292 e. The Kier molecular flexibility index (Phi) is 12.7. The SMILES string of the molecule is CCCCCCCCCCCCc1nnn(C(=O)C(Nc2c(C(C)C)cccc2C(C)C)c2ccccc2)n1. The molecule has 212 valence electrons. The average molecular weight is 532 g/mol. The third-order valence-corrected chi connectivity index (χ3v) is 7.45. The summed E-state index contributed by atoms with van der Waals surface area (Å²) in [6.07, 6.45) is 13.6. The van der Waals surface area contributed by atoms with Gasteiger partial charge in [-0.05, 0) is 40.2 Å². The maximum atomic E-state index is 13.8. The number of rotatable bonds is 17. The zero-order valence-electron chi connectivity index (χ0n) is 24.8. The molecule has 0 bridgehead atoms. The standard InChI is InChI=1S/C33H49N5O/c1-6-7-8-9-10-11-12-13-14-18-24-30-35-37-38(36-30)33(39)31(27-20-16-15-17-21-27)34-32-28(25(2)3)22-19-23-29(32)26(4)5/h15-17,19-23,25-26,31,34H,6-14,18,24H2,1-5H3. The van der Waals surface area contributed by atoms with Crippen LogP contribution in [0, 0.1) is 0 Å². The van der Waals surface area contributed by atoms with Crippen molar-refractivity contribution < 1.29 is 4.79 Å². The van der Waals surface area contributed by atoms with E-state index in [1.54, 1.807) is 0 Å². The lowest BCUT2D eigenvalue weighted by atomic mass is 9.91. The van der Waals surface area contributed by atoms with Gasteiger partial charge < -0.3 is 5.32 Å². The number of anilines is 1. The van der Waals surface area contributed by atoms with Crippen LogP contribution >= 0.6 is 0 Å². The van der Waals surface area contributed by atoms with E-state index in [9.17, 15) is 4.79 Å². The van der Waals surface area contributed by atoms with Crippen LogP contribution in [0.25, 0.3) is 0 Å². The van der Waals surface area contributed by atoms with Gasteiger partial charge in [-0.3, -0.25) is 4.79 Å². The molecule has 3 rings (SSSR count). The van der Waals surface area contributed by atoms with E-state index in [0.29, 0.717) is 17.7 Å². The molecule has 1 aromatic heterocycles. The molecule has 0 aliphatic carbocycles. The summed E-state index contributed by atoms with van der Waals surface area (Å²) >= 11 is 0. The molecular formula is C33H49N5O. The number of para-hydroxylation sites is 1. The summed E-state index contributed by atoms with van der Waals surface area (Å²) in [5.41, 5.74) is 4.30. The molecule has 0 saturated carbocycles. The van der Waals surface area contributed by atoms with E-state index >= 15 is 0 Å². The highest BCUT2D eigenvalue weighted by Gasteiger charge is 2.27. The second-order valence-electron chi connectivity index (χ2n) is 11.4. The van der Waals surface area contributed by atoms with Crippen molar-refractivity contribution in [3.05, 3.63) is 71.0 Å². The van der Waals surface area contributed by atoms with Gasteiger partial charge in [0.1, 0.15) is 6.04 Å². The fraction of sp³-hybridized carbons (Fsp3) is 0.576. The molecule has 3 aromatic rings. The highest BCUT2D eigenvalue weighted by atomic mass is 16.2. The summed E-state index contributed by atoms with van der Waals surface area (Å²) in [6, 6.07) is 15.6. The predicted molar refractivity (Wildman–Crippen MR) is 161 cm³/mol. The minimum absolute atomic E-state index is 0.226. The number of hydrogen-bond acceptors (Lipinski definition) is 5. The van der Waals surface area contributed by atoms with Crippen LogP contribution in [-0.4, -0.2) is 26.1 Å². The van der Waals surface area contributed by atoms with Crippen LogP contribution in [0.15, 0.2) is 48.5 Å². The van der Waals surface area contributed by atoms with Crippen molar-refractivity contribution in [3.63, 3.8) is 0 Å². The first-order chi connectivity index (χ1) is 18.9. The van der Waals surface area contributed by atoms with E-state index in [4.69, 9.17) is 0 Å². The number of aromatic nitrogens is 4. The van der Waals surface area contributed by atoms with Gasteiger partial charge in [0, 0.05) is 12.1 Å². The predicted octanol–water partition coefficient (Wildman–Crippen LogP) is 8.88. The normalized spacial score (nSPS) is 12.3. The highest BCUT2D eigenvalue weighted by molar-refractivity contribution is 5.87. The Morgan fingerprint density at radius 1 is 0.769 bits per heavy atom. The Hall–Kier alpha value is -3.02. The number of unbranched alkanes of at least 4 members (excludes halogenated alkanes) is 9. The maximum Gasteiger partial charge on any atom is 0.292 e. The van der Waals surface area contributed by atoms with E-state index in [1.807, 2.05) is 30.3 Å². The molecule has 1 N–H and O–H groups in total. The molecule has 0 saturated heterocycles. The van der Waals surface area contributed by atoms with Gasteiger partial charge >= 0.3 is 0 Å². The third kappa shape index (κ3) is 9.29. The first kappa shape index (κ1) is 30.5. The molecule has 1 heterocycles. The number of tetrazole rings is 1. The van der Waals surface area contributed by atoms with Crippen LogP contribution in [0.3, 0.4) is 0 Å². The van der Waals surface area contributed by atoms with Crippen LogP contribution in [0.4, 0.5) is 5.69 Å². The fourth-order valence-corrected chi connectivity index (χ4v) is 5.12. The molecule has 2 aromatic carbocycles. The zero-order chi connectivity index (χ0) is 28.0. The number of benzene rings is 2. The lowest BCUT2D eigenvalue weighted by molar-refractivity contribution is 0.0850. The Morgan fingerprint density at radius 2 is 1.33 bits per heavy atom. The second kappa shape index (κ2) is 16.2. The summed E-state index contributed by atoms with van der Waals surface area (Å²) < 4.78 is 0. The first-order valence-electron chi connectivity index (χ1n) is 15.2. The first-order valence-corrected chi connectivity index (χ1v) is 15.2. The van der Waals surface area contributed by atoms with Crippen molar-refractivity contribution in [3.8, 4) is 0 Å². The van der Waals surface area contributed by atoms with Gasteiger partial charge in [-0.1, -0.05) is 146 Å². The third-order valence-electron chi connectivity index (χ3n) is 7.45. The van der Waals surface area contributed by atoms with Crippen molar-refractivity contribution in [2.24, 2.45) is 0 Å². The van der Waals surface area contributed by atoms with E-state index < -0.39 is 6.04 Å². The Bertz CT molecular complexity index is 1100. The van der Waals surface area contributed by atoms with Crippen molar-refractivity contribution in [2.45, 2.75) is 123 Å². The van der Waals surface area contributed by atoms with Gasteiger partial charge in [-0.15, -0.1) is 10.2 Å². The quantitative estimate of drug-likeness (QED) is 0.176. The number of hydrogen-bond donors (Lipinski definition) is 1. The van der Waals surface area contributed by atoms with Gasteiger partial charge in [0.2, 0.25) is 0 Å². The zero-order valence-corrected chi connectivity index (χ0v) is 24.8. The average Bonchev–Trinajstić information content (AvgIpc) is 3.41. The molecule has 0 radical (unpaired) electrons. The van der Waals surface area contributed by atoms with Crippen LogP contribution in [0.2, 0.25) is 0 Å². The van der Waals surface area contributed by atoms with Crippen molar-refractivity contribution in [1.82, 2.24) is 20.2 Å². The minimum atomic E-state index is -0.622. The molecule has 1 atom stereocenters. The Balaban J connectivity index is 1.66. The molecular weight excluding hydrogens is 482 g/mol. The van der Waals surface area contributed by atoms with E-state index in [0.717, 1.165) is 30.5 Å². The summed E-state index contributed by atoms with van der Waals surface area (Å²) in [4.78, 5) is 15.0. The van der Waals surface area contributed by atoms with E-state index in [-0.39, 0.29) is 5.91 Å². The molecule has 0 aliphatic heterocycles. The number of nitrogens with zero attached hydrogens (tertiary/aromatic N) is 4. The highest BCUT2D eigenvalue weighted by Crippen LogP contribution is 2.35. The second-order valence-corrected chi connectivity index (χ2v) is 11.4. The molecule has 0 amide bonds. The Labute approximate surface area is 236 Å². The summed E-state index contributed by atoms with van der Waals surface area (Å²) in [5, 5.41) is 16.5. The lowest BCUT2D eigenvalue weighted by Gasteiger charge is -2.25. The molecule has 0 fully saturated rings. The molecule has 1 unspecified atom stereocenters. The molecule has 6 nitrogen and oxygen atoms in total. The van der Waals surface area contributed by atoms with Gasteiger partial charge in [-0.2, -0.15) is 0 Å². The maximum absolute atomic E-state index is 13.8. The van der Waals surface area contributed by atoms with Gasteiger partial charge in [-0.25, -0.2) is 0 Å². The molecule has 0 aliphatic rings. The summed E-state index contributed by atoms with van der Waals surface area (Å²) in [7, 11) is 0. The minimum Gasteiger partial charge on any atom is -0.369 e. The van der Waals surface area contributed by atoms with Crippen LogP contribution < -0.4 is 5.32 Å². The van der Waals surface area contributed by atoms with E-state index in [2.05, 4.69) is 73.5 Å². The van der Waals surface area contributed by atoms with E-state index in [1.165, 1.54) is 67.3 Å². The van der Waals surface area contributed by atoms with Gasteiger partial charge in [0.25, 0.3) is 5.91 Å². The van der Waals surface area contributed by atoms with Gasteiger partial charge in [0.05, 0.1) is 0 Å². The number of carbonyl (C=O) groups is 1. The van der Waals surface area contributed by atoms with Crippen molar-refractivity contribution in [2.75, 3.05) is 5.32 Å². The van der Waals surface area contributed by atoms with Crippen LogP contribution in [-0.2, 0) is 6.42 Å².